The maximum absolute atomic E-state index is 11.6. The lowest BCUT2D eigenvalue weighted by Crippen LogP contribution is -2.12. The summed E-state index contributed by atoms with van der Waals surface area (Å²) in [6.07, 6.45) is 1.46. The number of halogens is 1. The second-order valence-electron chi connectivity index (χ2n) is 3.83. The average Bonchev–Trinajstić information content (AvgIpc) is 2.81. The Hall–Kier alpha value is -1.75. The van der Waals surface area contributed by atoms with Gasteiger partial charge < -0.3 is 13.9 Å². The van der Waals surface area contributed by atoms with E-state index in [-0.39, 0.29) is 6.61 Å². The molecule has 5 heteroatoms. The Bertz CT molecular complexity index is 562. The van der Waals surface area contributed by atoms with E-state index in [1.165, 1.54) is 6.26 Å². The van der Waals surface area contributed by atoms with Gasteiger partial charge in [-0.1, -0.05) is 22.0 Å². The van der Waals surface area contributed by atoms with Crippen molar-refractivity contribution in [3.05, 3.63) is 52.4 Å². The Balaban J connectivity index is 1.75. The summed E-state index contributed by atoms with van der Waals surface area (Å²) in [5, 5.41) is 0. The number of furan rings is 1. The van der Waals surface area contributed by atoms with E-state index in [4.69, 9.17) is 13.9 Å². The van der Waals surface area contributed by atoms with Crippen molar-refractivity contribution in [1.82, 2.24) is 0 Å². The minimum Gasteiger partial charge on any atom is -0.490 e. The minimum absolute atomic E-state index is 0.190. The van der Waals surface area contributed by atoms with Gasteiger partial charge in [0, 0.05) is 4.47 Å². The first-order valence-electron chi connectivity index (χ1n) is 5.76. The Morgan fingerprint density at radius 1 is 1.32 bits per heavy atom. The number of carbonyl (C=O) groups is 1. The Morgan fingerprint density at radius 3 is 2.84 bits per heavy atom. The highest BCUT2D eigenvalue weighted by Gasteiger charge is 2.12. The molecule has 0 aliphatic carbocycles. The van der Waals surface area contributed by atoms with Crippen LogP contribution in [0, 0.1) is 6.92 Å². The molecule has 0 spiro atoms. The van der Waals surface area contributed by atoms with E-state index < -0.39 is 5.97 Å². The van der Waals surface area contributed by atoms with E-state index in [9.17, 15) is 4.79 Å². The van der Waals surface area contributed by atoms with Crippen LogP contribution in [-0.2, 0) is 4.74 Å². The van der Waals surface area contributed by atoms with Crippen molar-refractivity contribution in [2.45, 2.75) is 6.92 Å². The molecule has 1 heterocycles. The number of aryl methyl sites for hydroxylation is 1. The van der Waals surface area contributed by atoms with Gasteiger partial charge in [-0.25, -0.2) is 4.79 Å². The second-order valence-corrected chi connectivity index (χ2v) is 4.75. The molecule has 0 saturated heterocycles. The fraction of sp³-hybridized carbons (Fsp3) is 0.214. The topological polar surface area (TPSA) is 48.7 Å². The molecule has 0 fully saturated rings. The highest BCUT2D eigenvalue weighted by atomic mass is 79.9. The summed E-state index contributed by atoms with van der Waals surface area (Å²) >= 11 is 3.35. The van der Waals surface area contributed by atoms with Gasteiger partial charge in [0.25, 0.3) is 0 Å². The zero-order valence-corrected chi connectivity index (χ0v) is 12.0. The third kappa shape index (κ3) is 3.86. The summed E-state index contributed by atoms with van der Waals surface area (Å²) in [5.74, 6) is 0.881. The number of hydrogen-bond donors (Lipinski definition) is 0. The third-order valence-electron chi connectivity index (χ3n) is 2.46. The van der Waals surface area contributed by atoms with Crippen LogP contribution in [0.25, 0.3) is 0 Å². The number of rotatable bonds is 5. The SMILES string of the molecule is Cc1occc1C(=O)OCCOc1cccc(Br)c1. The minimum atomic E-state index is -0.399. The van der Waals surface area contributed by atoms with Crippen LogP contribution in [0.4, 0.5) is 0 Å². The zero-order chi connectivity index (χ0) is 13.7. The normalized spacial score (nSPS) is 10.2. The molecular formula is C14H13BrO4. The summed E-state index contributed by atoms with van der Waals surface area (Å²) < 4.78 is 16.5. The molecule has 0 aliphatic rings. The van der Waals surface area contributed by atoms with E-state index in [2.05, 4.69) is 15.9 Å². The first-order chi connectivity index (χ1) is 9.16. The lowest BCUT2D eigenvalue weighted by Gasteiger charge is -2.07. The first-order valence-corrected chi connectivity index (χ1v) is 6.55. The lowest BCUT2D eigenvalue weighted by molar-refractivity contribution is 0.0448. The van der Waals surface area contributed by atoms with Gasteiger partial charge in [-0.3, -0.25) is 0 Å². The molecule has 1 aromatic carbocycles. The molecule has 0 saturated carbocycles. The third-order valence-corrected chi connectivity index (χ3v) is 2.95. The number of ether oxygens (including phenoxy) is 2. The highest BCUT2D eigenvalue weighted by Crippen LogP contribution is 2.17. The number of benzene rings is 1. The summed E-state index contributed by atoms with van der Waals surface area (Å²) in [5.41, 5.74) is 0.447. The molecule has 2 aromatic rings. The van der Waals surface area contributed by atoms with Crippen LogP contribution in [0.15, 0.2) is 45.5 Å². The molecule has 0 amide bonds. The molecule has 1 aromatic heterocycles. The van der Waals surface area contributed by atoms with Crippen LogP contribution in [0.5, 0.6) is 5.75 Å². The standard InChI is InChI=1S/C14H13BrO4/c1-10-13(5-6-17-10)14(16)19-8-7-18-12-4-2-3-11(15)9-12/h2-6,9H,7-8H2,1H3. The van der Waals surface area contributed by atoms with Crippen molar-refractivity contribution < 1.29 is 18.7 Å². The van der Waals surface area contributed by atoms with Gasteiger partial charge in [0.05, 0.1) is 6.26 Å². The fourth-order valence-electron chi connectivity index (χ4n) is 1.53. The van der Waals surface area contributed by atoms with Crippen molar-refractivity contribution in [1.29, 1.82) is 0 Å². The van der Waals surface area contributed by atoms with Crippen LogP contribution in [0.2, 0.25) is 0 Å². The highest BCUT2D eigenvalue weighted by molar-refractivity contribution is 9.10. The smallest absolute Gasteiger partial charge is 0.341 e. The number of carbonyl (C=O) groups excluding carboxylic acids is 1. The summed E-state index contributed by atoms with van der Waals surface area (Å²) in [6, 6.07) is 9.07. The van der Waals surface area contributed by atoms with Crippen molar-refractivity contribution in [2.75, 3.05) is 13.2 Å². The molecule has 0 N–H and O–H groups in total. The van der Waals surface area contributed by atoms with Crippen LogP contribution in [-0.4, -0.2) is 19.2 Å². The molecular weight excluding hydrogens is 312 g/mol. The van der Waals surface area contributed by atoms with Gasteiger partial charge in [-0.15, -0.1) is 0 Å². The largest absolute Gasteiger partial charge is 0.490 e. The van der Waals surface area contributed by atoms with Gasteiger partial charge in [-0.2, -0.15) is 0 Å². The van der Waals surface area contributed by atoms with E-state index in [1.54, 1.807) is 13.0 Å². The Morgan fingerprint density at radius 2 is 2.16 bits per heavy atom. The molecule has 2 rings (SSSR count). The molecule has 100 valence electrons. The fourth-order valence-corrected chi connectivity index (χ4v) is 1.90. The molecule has 0 unspecified atom stereocenters. The predicted octanol–water partition coefficient (Wildman–Crippen LogP) is 3.59. The maximum atomic E-state index is 11.6. The summed E-state index contributed by atoms with van der Waals surface area (Å²) in [4.78, 5) is 11.6. The first kappa shape index (κ1) is 13.7. The Kier molecular flexibility index (Phi) is 4.63. The number of hydrogen-bond acceptors (Lipinski definition) is 4. The molecule has 0 atom stereocenters. The van der Waals surface area contributed by atoms with E-state index in [1.807, 2.05) is 24.3 Å². The van der Waals surface area contributed by atoms with Gasteiger partial charge >= 0.3 is 5.97 Å². The van der Waals surface area contributed by atoms with Crippen LogP contribution in [0.3, 0.4) is 0 Å². The van der Waals surface area contributed by atoms with E-state index in [0.717, 1.165) is 10.2 Å². The van der Waals surface area contributed by atoms with Crippen molar-refractivity contribution >= 4 is 21.9 Å². The van der Waals surface area contributed by atoms with Crippen molar-refractivity contribution in [2.24, 2.45) is 0 Å². The van der Waals surface area contributed by atoms with Crippen molar-refractivity contribution in [3.8, 4) is 5.75 Å². The number of esters is 1. The summed E-state index contributed by atoms with van der Waals surface area (Å²) in [7, 11) is 0. The molecule has 0 aliphatic heterocycles. The second kappa shape index (κ2) is 6.43. The van der Waals surface area contributed by atoms with Crippen molar-refractivity contribution in [3.63, 3.8) is 0 Å². The predicted molar refractivity (Wildman–Crippen MR) is 73.4 cm³/mol. The lowest BCUT2D eigenvalue weighted by atomic mass is 10.3. The Labute approximate surface area is 119 Å². The zero-order valence-electron chi connectivity index (χ0n) is 10.4. The van der Waals surface area contributed by atoms with Gasteiger partial charge in [-0.05, 0) is 31.2 Å². The summed E-state index contributed by atoms with van der Waals surface area (Å²) in [6.45, 7) is 2.21. The molecule has 4 nitrogen and oxygen atoms in total. The van der Waals surface area contributed by atoms with Gasteiger partial charge in [0.15, 0.2) is 0 Å². The van der Waals surface area contributed by atoms with Crippen LogP contribution >= 0.6 is 15.9 Å². The van der Waals surface area contributed by atoms with Gasteiger partial charge in [0.2, 0.25) is 0 Å². The van der Waals surface area contributed by atoms with Crippen LogP contribution < -0.4 is 4.74 Å². The average molecular weight is 325 g/mol. The molecule has 0 bridgehead atoms. The van der Waals surface area contributed by atoms with E-state index >= 15 is 0 Å². The van der Waals surface area contributed by atoms with Crippen LogP contribution in [0.1, 0.15) is 16.1 Å². The van der Waals surface area contributed by atoms with E-state index in [0.29, 0.717) is 17.9 Å². The maximum Gasteiger partial charge on any atom is 0.341 e. The quantitative estimate of drug-likeness (QED) is 0.623. The van der Waals surface area contributed by atoms with Gasteiger partial charge in [0.1, 0.15) is 30.3 Å². The molecule has 0 radical (unpaired) electrons. The monoisotopic (exact) mass is 324 g/mol. The molecule has 19 heavy (non-hydrogen) atoms.